The number of hydrogen-bond acceptors (Lipinski definition) is 6. The van der Waals surface area contributed by atoms with E-state index in [1.165, 1.54) is 11.1 Å². The lowest BCUT2D eigenvalue weighted by Gasteiger charge is -2.35. The summed E-state index contributed by atoms with van der Waals surface area (Å²) in [5.41, 5.74) is 4.88. The first-order chi connectivity index (χ1) is 16.9. The number of carboxylic acid groups (broad SMARTS) is 1. The van der Waals surface area contributed by atoms with E-state index in [0.29, 0.717) is 36.8 Å². The Bertz CT molecular complexity index is 1070. The molecular weight excluding hydrogens is 448 g/mol. The second-order valence-corrected chi connectivity index (χ2v) is 9.42. The average Bonchev–Trinajstić information content (AvgIpc) is 3.03. The summed E-state index contributed by atoms with van der Waals surface area (Å²) in [7, 11) is 8.68. The van der Waals surface area contributed by atoms with Crippen LogP contribution in [0, 0.1) is 0 Å². The van der Waals surface area contributed by atoms with E-state index in [1.54, 1.807) is 33.3 Å². The van der Waals surface area contributed by atoms with Gasteiger partial charge in [0.25, 0.3) is 0 Å². The molecule has 8 heteroatoms. The van der Waals surface area contributed by atoms with Crippen LogP contribution in [-0.4, -0.2) is 82.2 Å². The minimum absolute atomic E-state index is 0.0904. The summed E-state index contributed by atoms with van der Waals surface area (Å²) in [6, 6.07) is 8.06. The van der Waals surface area contributed by atoms with Crippen LogP contribution in [0.15, 0.2) is 24.3 Å². The predicted octanol–water partition coefficient (Wildman–Crippen LogP) is 3.83. The summed E-state index contributed by atoms with van der Waals surface area (Å²) >= 11 is 0. The molecule has 0 fully saturated rings. The van der Waals surface area contributed by atoms with Gasteiger partial charge in [-0.2, -0.15) is 0 Å². The van der Waals surface area contributed by atoms with Crippen molar-refractivity contribution in [1.29, 1.82) is 0 Å². The smallest absolute Gasteiger partial charge is 0.407 e. The van der Waals surface area contributed by atoms with Gasteiger partial charge in [-0.1, -0.05) is 0 Å². The van der Waals surface area contributed by atoms with Gasteiger partial charge in [0.05, 0.1) is 28.4 Å². The average molecular weight is 485 g/mol. The summed E-state index contributed by atoms with van der Waals surface area (Å²) < 4.78 is 21.8. The number of rotatable bonds is 9. The molecule has 4 rings (SSSR count). The third-order valence-electron chi connectivity index (χ3n) is 7.40. The lowest BCUT2D eigenvalue weighted by Crippen LogP contribution is -2.43. The number of ether oxygens (including phenoxy) is 4. The summed E-state index contributed by atoms with van der Waals surface area (Å²) in [4.78, 5) is 16.0. The van der Waals surface area contributed by atoms with E-state index >= 15 is 0 Å². The molecule has 1 aliphatic heterocycles. The molecular formula is C27H36N2O6. The highest BCUT2D eigenvalue weighted by atomic mass is 16.5. The monoisotopic (exact) mass is 484 g/mol. The van der Waals surface area contributed by atoms with Crippen LogP contribution in [0.5, 0.6) is 23.0 Å². The fourth-order valence-electron chi connectivity index (χ4n) is 5.42. The van der Waals surface area contributed by atoms with E-state index in [9.17, 15) is 9.90 Å². The summed E-state index contributed by atoms with van der Waals surface area (Å²) in [5.74, 6) is 3.34. The van der Waals surface area contributed by atoms with Crippen molar-refractivity contribution in [3.63, 3.8) is 0 Å². The summed E-state index contributed by atoms with van der Waals surface area (Å²) in [5, 5.41) is 9.91. The molecule has 2 aromatic rings. The van der Waals surface area contributed by atoms with Crippen LogP contribution in [0.3, 0.4) is 0 Å². The highest BCUT2D eigenvalue weighted by Crippen LogP contribution is 2.42. The SMILES string of the molecule is COc1cc2c(cc1OC)CC(CCN(C)CC1Cc3cc(OC)c(OC)cc31)N(C(=O)O)CC2. The zero-order chi connectivity index (χ0) is 25.1. The molecule has 0 saturated heterocycles. The number of benzene rings is 2. The summed E-state index contributed by atoms with van der Waals surface area (Å²) in [6.07, 6.45) is 2.25. The molecule has 2 aliphatic rings. The Morgan fingerprint density at radius 3 is 2.09 bits per heavy atom. The predicted molar refractivity (Wildman–Crippen MR) is 134 cm³/mol. The molecule has 0 radical (unpaired) electrons. The normalized spacial score (nSPS) is 18.7. The molecule has 0 saturated carbocycles. The third-order valence-corrected chi connectivity index (χ3v) is 7.40. The van der Waals surface area contributed by atoms with Crippen LogP contribution in [-0.2, 0) is 19.3 Å². The van der Waals surface area contributed by atoms with E-state index < -0.39 is 6.09 Å². The number of likely N-dealkylation sites (N-methyl/N-ethyl adjacent to an activating group) is 1. The van der Waals surface area contributed by atoms with Crippen LogP contribution in [0.4, 0.5) is 4.79 Å². The van der Waals surface area contributed by atoms with Gasteiger partial charge >= 0.3 is 6.09 Å². The van der Waals surface area contributed by atoms with Crippen LogP contribution >= 0.6 is 0 Å². The molecule has 1 amide bonds. The summed E-state index contributed by atoms with van der Waals surface area (Å²) in [6.45, 7) is 2.21. The van der Waals surface area contributed by atoms with E-state index in [0.717, 1.165) is 48.6 Å². The van der Waals surface area contributed by atoms with E-state index in [-0.39, 0.29) is 6.04 Å². The van der Waals surface area contributed by atoms with Crippen molar-refractivity contribution in [1.82, 2.24) is 9.80 Å². The molecule has 2 aromatic carbocycles. The third kappa shape index (κ3) is 5.12. The van der Waals surface area contributed by atoms with Crippen molar-refractivity contribution in [2.24, 2.45) is 0 Å². The van der Waals surface area contributed by atoms with Gasteiger partial charge in [0.15, 0.2) is 23.0 Å². The highest BCUT2D eigenvalue weighted by molar-refractivity contribution is 5.66. The van der Waals surface area contributed by atoms with E-state index in [2.05, 4.69) is 24.1 Å². The van der Waals surface area contributed by atoms with E-state index in [1.807, 2.05) is 12.1 Å². The van der Waals surface area contributed by atoms with Crippen molar-refractivity contribution >= 4 is 6.09 Å². The molecule has 0 spiro atoms. The van der Waals surface area contributed by atoms with Crippen molar-refractivity contribution in [3.8, 4) is 23.0 Å². The molecule has 0 bridgehead atoms. The topological polar surface area (TPSA) is 80.7 Å². The highest BCUT2D eigenvalue weighted by Gasteiger charge is 2.31. The van der Waals surface area contributed by atoms with Gasteiger partial charge in [0.2, 0.25) is 0 Å². The second kappa shape index (κ2) is 10.6. The molecule has 1 aliphatic carbocycles. The van der Waals surface area contributed by atoms with Gasteiger partial charge in [0.1, 0.15) is 0 Å². The molecule has 2 atom stereocenters. The number of methoxy groups -OCH3 is 4. The number of amides is 1. The standard InChI is InChI=1S/C27H36N2O6/c1-28(16-20-10-19-14-25(34-4)26(35-5)15-22(19)20)8-7-21-11-18-13-24(33-3)23(32-2)12-17(18)6-9-29(21)27(30)31/h12-15,20-21H,6-11,16H2,1-5H3,(H,30,31). The van der Waals surface area contributed by atoms with Gasteiger partial charge in [0, 0.05) is 25.0 Å². The van der Waals surface area contributed by atoms with Crippen LogP contribution in [0.25, 0.3) is 0 Å². The van der Waals surface area contributed by atoms with Crippen molar-refractivity contribution in [2.45, 2.75) is 37.6 Å². The maximum Gasteiger partial charge on any atom is 0.407 e. The van der Waals surface area contributed by atoms with Crippen molar-refractivity contribution in [3.05, 3.63) is 46.5 Å². The zero-order valence-electron chi connectivity index (χ0n) is 21.3. The molecule has 35 heavy (non-hydrogen) atoms. The maximum absolute atomic E-state index is 12.1. The Morgan fingerprint density at radius 2 is 1.49 bits per heavy atom. The maximum atomic E-state index is 12.1. The number of nitrogens with zero attached hydrogens (tertiary/aromatic N) is 2. The molecule has 2 unspecified atom stereocenters. The van der Waals surface area contributed by atoms with Gasteiger partial charge in [-0.15, -0.1) is 0 Å². The fraction of sp³-hybridized carbons (Fsp3) is 0.519. The largest absolute Gasteiger partial charge is 0.493 e. The van der Waals surface area contributed by atoms with Gasteiger partial charge in [-0.05, 0) is 85.8 Å². The molecule has 0 aromatic heterocycles. The van der Waals surface area contributed by atoms with Crippen LogP contribution in [0.2, 0.25) is 0 Å². The number of fused-ring (bicyclic) bond motifs is 2. The van der Waals surface area contributed by atoms with Crippen LogP contribution < -0.4 is 18.9 Å². The van der Waals surface area contributed by atoms with E-state index in [4.69, 9.17) is 18.9 Å². The lowest BCUT2D eigenvalue weighted by molar-refractivity contribution is 0.119. The first-order valence-corrected chi connectivity index (χ1v) is 12.0. The van der Waals surface area contributed by atoms with Gasteiger partial charge in [-0.3, -0.25) is 0 Å². The first kappa shape index (κ1) is 25.0. The van der Waals surface area contributed by atoms with Gasteiger partial charge < -0.3 is 33.9 Å². The quantitative estimate of drug-likeness (QED) is 0.579. The Morgan fingerprint density at radius 1 is 0.914 bits per heavy atom. The fourth-order valence-corrected chi connectivity index (χ4v) is 5.42. The van der Waals surface area contributed by atoms with Crippen molar-refractivity contribution in [2.75, 3.05) is 55.1 Å². The Kier molecular flexibility index (Phi) is 7.60. The Balaban J connectivity index is 1.42. The molecule has 190 valence electrons. The Labute approximate surface area is 207 Å². The van der Waals surface area contributed by atoms with Crippen molar-refractivity contribution < 1.29 is 28.8 Å². The minimum atomic E-state index is -0.863. The number of carbonyl (C=O) groups is 1. The molecule has 1 heterocycles. The van der Waals surface area contributed by atoms with Crippen LogP contribution in [0.1, 0.15) is 34.6 Å². The lowest BCUT2D eigenvalue weighted by atomic mass is 9.77. The first-order valence-electron chi connectivity index (χ1n) is 12.0. The second-order valence-electron chi connectivity index (χ2n) is 9.42. The molecule has 8 nitrogen and oxygen atoms in total. The number of hydrogen-bond donors (Lipinski definition) is 1. The minimum Gasteiger partial charge on any atom is -0.493 e. The Hall–Kier alpha value is -3.13. The molecule has 1 N–H and O–H groups in total. The van der Waals surface area contributed by atoms with Gasteiger partial charge in [-0.25, -0.2) is 4.79 Å². The zero-order valence-corrected chi connectivity index (χ0v) is 21.3.